The number of fused-ring (bicyclic) bond motifs is 1. The molecule has 0 aliphatic carbocycles. The molecule has 2 aromatic carbocycles. The number of hydrogen-bond acceptors (Lipinski definition) is 3. The highest BCUT2D eigenvalue weighted by Gasteiger charge is 2.39. The molecule has 28 heavy (non-hydrogen) atoms. The van der Waals surface area contributed by atoms with Crippen LogP contribution >= 0.6 is 0 Å². The molecular weight excluding hydrogens is 341 g/mol. The van der Waals surface area contributed by atoms with E-state index < -0.39 is 0 Å². The molecule has 144 valence electrons. The molecule has 0 saturated carbocycles. The van der Waals surface area contributed by atoms with Gasteiger partial charge in [-0.05, 0) is 36.6 Å². The fourth-order valence-electron chi connectivity index (χ4n) is 4.87. The van der Waals surface area contributed by atoms with E-state index in [2.05, 4.69) is 123 Å². The minimum absolute atomic E-state index is 0.0975. The topological polar surface area (TPSA) is 9.72 Å². The molecule has 1 atom stereocenters. The Morgan fingerprint density at radius 3 is 2.11 bits per heavy atom. The molecule has 0 unspecified atom stereocenters. The molecule has 4 heteroatoms. The molecule has 0 N–H and O–H groups in total. The predicted molar refractivity (Wildman–Crippen MR) is 120 cm³/mol. The average Bonchev–Trinajstić information content (AvgIpc) is 3.03. The third-order valence-corrected chi connectivity index (χ3v) is 6.01. The van der Waals surface area contributed by atoms with Gasteiger partial charge in [-0.1, -0.05) is 75.5 Å². The van der Waals surface area contributed by atoms with Crippen LogP contribution < -0.4 is 15.3 Å². The third-order valence-electron chi connectivity index (χ3n) is 6.01. The van der Waals surface area contributed by atoms with Gasteiger partial charge in [-0.25, -0.2) is 0 Å². The largest absolute Gasteiger partial charge is 0.327 e. The molecule has 0 amide bonds. The van der Waals surface area contributed by atoms with Gasteiger partial charge in [-0.15, -0.1) is 0 Å². The molecule has 2 aliphatic rings. The lowest BCUT2D eigenvalue weighted by molar-refractivity contribution is 0.143. The molecule has 3 nitrogen and oxygen atoms in total. The monoisotopic (exact) mass is 371 g/mol. The van der Waals surface area contributed by atoms with Gasteiger partial charge in [0.1, 0.15) is 6.17 Å². The Labute approximate surface area is 169 Å². The van der Waals surface area contributed by atoms with E-state index in [1.165, 1.54) is 27.3 Å². The van der Waals surface area contributed by atoms with E-state index in [1.54, 1.807) is 0 Å². The summed E-state index contributed by atoms with van der Waals surface area (Å²) in [5.74, 6) is 0. The van der Waals surface area contributed by atoms with Crippen LogP contribution in [0.2, 0.25) is 6.82 Å². The van der Waals surface area contributed by atoms with Crippen LogP contribution in [-0.2, 0) is 0 Å². The fraction of sp³-hybridized carbons (Fsp3) is 0.333. The maximum absolute atomic E-state index is 2.48. The SMILES string of the molecule is CB1C(C(C)(C)C)=c2ccccc2=C(C)N1N1C=CN(c2ccccc2)[C@@H]1C. The Bertz CT molecular complexity index is 1020. The molecular formula is C24H30BN3. The smallest absolute Gasteiger partial charge is 0.307 e. The van der Waals surface area contributed by atoms with Gasteiger partial charge in [-0.3, -0.25) is 5.01 Å². The summed E-state index contributed by atoms with van der Waals surface area (Å²) >= 11 is 0. The zero-order chi connectivity index (χ0) is 20.1. The lowest BCUT2D eigenvalue weighted by Gasteiger charge is -2.46. The van der Waals surface area contributed by atoms with Gasteiger partial charge in [0.05, 0.1) is 0 Å². The average molecular weight is 371 g/mol. The number of benzene rings is 2. The zero-order valence-corrected chi connectivity index (χ0v) is 17.8. The summed E-state index contributed by atoms with van der Waals surface area (Å²) in [7, 11) is 0. The van der Waals surface area contributed by atoms with Crippen LogP contribution in [0.25, 0.3) is 11.2 Å². The summed E-state index contributed by atoms with van der Waals surface area (Å²) in [5.41, 5.74) is 4.12. The van der Waals surface area contributed by atoms with Gasteiger partial charge in [0.25, 0.3) is 0 Å². The van der Waals surface area contributed by atoms with Gasteiger partial charge < -0.3 is 9.82 Å². The summed E-state index contributed by atoms with van der Waals surface area (Å²) in [6.45, 7) is 14.1. The summed E-state index contributed by atoms with van der Waals surface area (Å²) < 4.78 is 0. The molecule has 0 aromatic heterocycles. The van der Waals surface area contributed by atoms with Gasteiger partial charge in [0.15, 0.2) is 0 Å². The van der Waals surface area contributed by atoms with Crippen molar-refractivity contribution in [1.29, 1.82) is 0 Å². The van der Waals surface area contributed by atoms with Crippen molar-refractivity contribution in [2.24, 2.45) is 5.41 Å². The normalized spacial score (nSPS) is 19.6. The molecule has 0 saturated heterocycles. The Balaban J connectivity index is 1.80. The van der Waals surface area contributed by atoms with Crippen LogP contribution in [0.5, 0.6) is 0 Å². The second kappa shape index (κ2) is 6.77. The first-order chi connectivity index (χ1) is 13.3. The van der Waals surface area contributed by atoms with E-state index in [0.29, 0.717) is 0 Å². The number of anilines is 1. The first-order valence-electron chi connectivity index (χ1n) is 10.2. The summed E-state index contributed by atoms with van der Waals surface area (Å²) in [5, 5.41) is 5.12. The van der Waals surface area contributed by atoms with E-state index in [-0.39, 0.29) is 18.4 Å². The number of rotatable bonds is 2. The highest BCUT2D eigenvalue weighted by molar-refractivity contribution is 6.75. The quantitative estimate of drug-likeness (QED) is 0.738. The second-order valence-electron chi connectivity index (χ2n) is 8.87. The third kappa shape index (κ3) is 2.92. The number of hydrogen-bond donors (Lipinski definition) is 0. The van der Waals surface area contributed by atoms with Crippen LogP contribution in [0, 0.1) is 5.41 Å². The van der Waals surface area contributed by atoms with E-state index in [9.17, 15) is 0 Å². The highest BCUT2D eigenvalue weighted by atomic mass is 15.7. The van der Waals surface area contributed by atoms with E-state index >= 15 is 0 Å². The zero-order valence-electron chi connectivity index (χ0n) is 17.8. The van der Waals surface area contributed by atoms with Gasteiger partial charge in [0.2, 0.25) is 0 Å². The lowest BCUT2D eigenvalue weighted by Crippen LogP contribution is -2.59. The van der Waals surface area contributed by atoms with Crippen LogP contribution in [0.3, 0.4) is 0 Å². The van der Waals surface area contributed by atoms with Crippen molar-refractivity contribution in [3.8, 4) is 0 Å². The van der Waals surface area contributed by atoms with Crippen LogP contribution in [0.15, 0.2) is 67.0 Å². The highest BCUT2D eigenvalue weighted by Crippen LogP contribution is 2.35. The molecule has 0 fully saturated rings. The van der Waals surface area contributed by atoms with Crippen molar-refractivity contribution in [1.82, 2.24) is 9.93 Å². The van der Waals surface area contributed by atoms with Crippen molar-refractivity contribution in [2.45, 2.75) is 47.6 Å². The summed E-state index contributed by atoms with van der Waals surface area (Å²) in [6, 6.07) is 19.5. The first-order valence-corrected chi connectivity index (χ1v) is 10.2. The number of hydrazine groups is 1. The molecule has 0 bridgehead atoms. The van der Waals surface area contributed by atoms with Crippen molar-refractivity contribution in [2.75, 3.05) is 4.90 Å². The van der Waals surface area contributed by atoms with E-state index in [4.69, 9.17) is 0 Å². The Kier molecular flexibility index (Phi) is 4.53. The molecule has 4 rings (SSSR count). The van der Waals surface area contributed by atoms with Crippen molar-refractivity contribution < 1.29 is 0 Å². The first kappa shape index (κ1) is 18.7. The predicted octanol–water partition coefficient (Wildman–Crippen LogP) is 4.04. The van der Waals surface area contributed by atoms with Crippen molar-refractivity contribution >= 4 is 23.7 Å². The Morgan fingerprint density at radius 2 is 1.46 bits per heavy atom. The number of nitrogens with zero attached hydrogens (tertiary/aromatic N) is 3. The molecule has 2 aromatic rings. The van der Waals surface area contributed by atoms with Gasteiger partial charge in [-0.2, -0.15) is 0 Å². The van der Waals surface area contributed by atoms with E-state index in [0.717, 1.165) is 0 Å². The minimum Gasteiger partial charge on any atom is -0.327 e. The van der Waals surface area contributed by atoms with Crippen molar-refractivity contribution in [3.63, 3.8) is 0 Å². The molecule has 2 heterocycles. The van der Waals surface area contributed by atoms with Gasteiger partial charge in [0, 0.05) is 29.0 Å². The van der Waals surface area contributed by atoms with Crippen LogP contribution in [0.4, 0.5) is 5.69 Å². The lowest BCUT2D eigenvalue weighted by atomic mass is 9.48. The summed E-state index contributed by atoms with van der Waals surface area (Å²) in [6.07, 6.45) is 4.62. The minimum atomic E-state index is 0.0975. The number of para-hydroxylation sites is 1. The molecule has 2 aliphatic heterocycles. The standard InChI is InChI=1S/C24H30BN3/c1-18-21-14-10-11-15-22(21)23(24(3,4)5)25(6)28(18)27-17-16-26(19(27)2)20-12-8-7-9-13-20/h7-17,19H,1-6H3/t19-/m0/s1. The van der Waals surface area contributed by atoms with Crippen LogP contribution in [-0.4, -0.2) is 22.9 Å². The summed E-state index contributed by atoms with van der Waals surface area (Å²) in [4.78, 5) is 4.81. The second-order valence-corrected chi connectivity index (χ2v) is 8.87. The maximum Gasteiger partial charge on any atom is 0.307 e. The fourth-order valence-corrected chi connectivity index (χ4v) is 4.87. The van der Waals surface area contributed by atoms with Gasteiger partial charge >= 0.3 is 6.85 Å². The van der Waals surface area contributed by atoms with Crippen molar-refractivity contribution in [3.05, 3.63) is 77.4 Å². The molecule has 0 spiro atoms. The Morgan fingerprint density at radius 1 is 0.857 bits per heavy atom. The maximum atomic E-state index is 2.48. The molecule has 0 radical (unpaired) electrons. The van der Waals surface area contributed by atoms with Crippen LogP contribution in [0.1, 0.15) is 34.6 Å². The van der Waals surface area contributed by atoms with E-state index in [1.807, 2.05) is 0 Å². The Hall–Kier alpha value is -2.62.